The van der Waals surface area contributed by atoms with Gasteiger partial charge in [0.05, 0.1) is 23.5 Å². The summed E-state index contributed by atoms with van der Waals surface area (Å²) < 4.78 is 38.9. The van der Waals surface area contributed by atoms with Crippen LogP contribution in [0.25, 0.3) is 0 Å². The topological polar surface area (TPSA) is 55.9 Å². The van der Waals surface area contributed by atoms with E-state index in [4.69, 9.17) is 0 Å². The fraction of sp³-hybridized carbons (Fsp3) is 0.333. The molecule has 1 saturated heterocycles. The number of hydrogen-bond acceptors (Lipinski definition) is 4. The Morgan fingerprint density at radius 1 is 1.00 bits per heavy atom. The fourth-order valence-electron chi connectivity index (χ4n) is 3.78. The Balaban J connectivity index is 1.38. The van der Waals surface area contributed by atoms with Crippen molar-refractivity contribution in [3.8, 4) is 0 Å². The normalized spacial score (nSPS) is 17.5. The summed E-state index contributed by atoms with van der Waals surface area (Å²) in [5.74, 6) is -0.416. The molecule has 30 heavy (non-hydrogen) atoms. The molecule has 1 fully saturated rings. The zero-order valence-corrected chi connectivity index (χ0v) is 16.2. The van der Waals surface area contributed by atoms with Crippen LogP contribution in [0, 0.1) is 0 Å². The first-order chi connectivity index (χ1) is 14.3. The van der Waals surface area contributed by atoms with Crippen LogP contribution in [-0.2, 0) is 15.8 Å². The Bertz CT molecular complexity index is 955. The van der Waals surface area contributed by atoms with Gasteiger partial charge in [0.2, 0.25) is 11.8 Å². The average Bonchev–Trinajstić information content (AvgIpc) is 2.73. The summed E-state index contributed by atoms with van der Waals surface area (Å²) in [5, 5.41) is 2.75. The minimum atomic E-state index is -4.37. The molecular weight excluding hydrogens is 397 g/mol. The smallest absolute Gasteiger partial charge is 0.369 e. The van der Waals surface area contributed by atoms with Gasteiger partial charge in [-0.2, -0.15) is 13.2 Å². The number of alkyl halides is 3. The van der Waals surface area contributed by atoms with E-state index in [1.165, 1.54) is 11.0 Å². The minimum absolute atomic E-state index is 0.0277. The Hall–Kier alpha value is -3.07. The lowest BCUT2D eigenvalue weighted by Crippen LogP contribution is -2.52. The first-order valence-electron chi connectivity index (χ1n) is 9.65. The van der Waals surface area contributed by atoms with E-state index < -0.39 is 11.7 Å². The van der Waals surface area contributed by atoms with E-state index in [-0.39, 0.29) is 24.9 Å². The first-order valence-corrected chi connectivity index (χ1v) is 9.65. The predicted octanol–water partition coefficient (Wildman–Crippen LogP) is 2.81. The van der Waals surface area contributed by atoms with Crippen molar-refractivity contribution in [2.75, 3.05) is 54.4 Å². The monoisotopic (exact) mass is 418 g/mol. The molecule has 0 radical (unpaired) electrons. The second kappa shape index (κ2) is 7.98. The minimum Gasteiger partial charge on any atom is -0.369 e. The van der Waals surface area contributed by atoms with Crippen LogP contribution in [0.2, 0.25) is 0 Å². The number of amides is 2. The number of carbonyl (C=O) groups excluding carboxylic acids is 2. The van der Waals surface area contributed by atoms with Crippen molar-refractivity contribution in [3.05, 3.63) is 54.1 Å². The molecule has 9 heteroatoms. The molecule has 2 aromatic carbocycles. The summed E-state index contributed by atoms with van der Waals surface area (Å²) in [6.07, 6.45) is -4.37. The quantitative estimate of drug-likeness (QED) is 0.833. The second-order valence-electron chi connectivity index (χ2n) is 7.36. The van der Waals surface area contributed by atoms with Crippen LogP contribution < -0.4 is 15.1 Å². The highest BCUT2D eigenvalue weighted by Gasteiger charge is 2.32. The molecule has 2 amide bonds. The standard InChI is InChI=1S/C21H21F3N4O2/c22-21(23,24)15-4-3-5-16(12-15)27-10-8-26(9-11-27)14-20(30)28-13-19(29)25-17-6-1-2-7-18(17)28/h1-7,12H,8-11,13-14H2,(H,25,29). The maximum Gasteiger partial charge on any atom is 0.416 e. The van der Waals surface area contributed by atoms with Crippen LogP contribution in [0.1, 0.15) is 5.56 Å². The molecule has 2 aliphatic heterocycles. The predicted molar refractivity (Wildman–Crippen MR) is 108 cm³/mol. The van der Waals surface area contributed by atoms with E-state index in [1.54, 1.807) is 24.3 Å². The summed E-state index contributed by atoms with van der Waals surface area (Å²) in [4.78, 5) is 30.1. The van der Waals surface area contributed by atoms with Crippen molar-refractivity contribution in [2.24, 2.45) is 0 Å². The molecule has 1 N–H and O–H groups in total. The number of fused-ring (bicyclic) bond motifs is 1. The van der Waals surface area contributed by atoms with Crippen molar-refractivity contribution < 1.29 is 22.8 Å². The first kappa shape index (κ1) is 20.2. The summed E-state index contributed by atoms with van der Waals surface area (Å²) in [5.41, 5.74) is 1.14. The van der Waals surface area contributed by atoms with Gasteiger partial charge in [0.25, 0.3) is 0 Å². The number of benzene rings is 2. The van der Waals surface area contributed by atoms with Gasteiger partial charge >= 0.3 is 6.18 Å². The zero-order chi connectivity index (χ0) is 21.3. The lowest BCUT2D eigenvalue weighted by molar-refractivity contribution is -0.137. The maximum absolute atomic E-state index is 13.0. The number of anilines is 3. The van der Waals surface area contributed by atoms with Gasteiger partial charge in [-0.25, -0.2) is 0 Å². The summed E-state index contributed by atoms with van der Waals surface area (Å²) >= 11 is 0. The largest absolute Gasteiger partial charge is 0.416 e. The van der Waals surface area contributed by atoms with Gasteiger partial charge < -0.3 is 10.2 Å². The number of carbonyl (C=O) groups is 2. The third-order valence-corrected chi connectivity index (χ3v) is 5.34. The van der Waals surface area contributed by atoms with E-state index in [0.29, 0.717) is 43.2 Å². The van der Waals surface area contributed by atoms with Gasteiger partial charge in [0.1, 0.15) is 6.54 Å². The van der Waals surface area contributed by atoms with E-state index in [0.717, 1.165) is 12.1 Å². The number of nitrogens with one attached hydrogen (secondary N) is 1. The lowest BCUT2D eigenvalue weighted by atomic mass is 10.1. The number of nitrogens with zero attached hydrogens (tertiary/aromatic N) is 3. The Labute approximate surface area is 171 Å². The van der Waals surface area contributed by atoms with Crippen molar-refractivity contribution in [1.29, 1.82) is 0 Å². The number of piperazine rings is 1. The Morgan fingerprint density at radius 2 is 1.73 bits per heavy atom. The van der Waals surface area contributed by atoms with Gasteiger partial charge in [-0.3, -0.25) is 19.4 Å². The number of rotatable bonds is 3. The molecule has 0 unspecified atom stereocenters. The van der Waals surface area contributed by atoms with Crippen LogP contribution in [0.5, 0.6) is 0 Å². The third-order valence-electron chi connectivity index (χ3n) is 5.34. The number of halogens is 3. The molecular formula is C21H21F3N4O2. The number of hydrogen-bond donors (Lipinski definition) is 1. The molecule has 2 heterocycles. The fourth-order valence-corrected chi connectivity index (χ4v) is 3.78. The zero-order valence-electron chi connectivity index (χ0n) is 16.2. The van der Waals surface area contributed by atoms with Gasteiger partial charge in [-0.15, -0.1) is 0 Å². The van der Waals surface area contributed by atoms with Gasteiger partial charge in [0, 0.05) is 31.9 Å². The van der Waals surface area contributed by atoms with Crippen LogP contribution in [0.4, 0.5) is 30.2 Å². The van der Waals surface area contributed by atoms with Crippen LogP contribution in [0.3, 0.4) is 0 Å². The van der Waals surface area contributed by atoms with Crippen LogP contribution in [0.15, 0.2) is 48.5 Å². The van der Waals surface area contributed by atoms with Crippen molar-refractivity contribution in [3.63, 3.8) is 0 Å². The molecule has 2 aromatic rings. The van der Waals surface area contributed by atoms with E-state index in [2.05, 4.69) is 5.32 Å². The lowest BCUT2D eigenvalue weighted by Gasteiger charge is -2.37. The molecule has 6 nitrogen and oxygen atoms in total. The molecule has 0 spiro atoms. The Morgan fingerprint density at radius 3 is 2.47 bits per heavy atom. The highest BCUT2D eigenvalue weighted by molar-refractivity contribution is 6.10. The summed E-state index contributed by atoms with van der Waals surface area (Å²) in [6.45, 7) is 2.25. The molecule has 2 aliphatic rings. The molecule has 0 bridgehead atoms. The molecule has 0 saturated carbocycles. The van der Waals surface area contributed by atoms with Gasteiger partial charge in [0.15, 0.2) is 0 Å². The highest BCUT2D eigenvalue weighted by Crippen LogP contribution is 2.32. The molecule has 0 aliphatic carbocycles. The van der Waals surface area contributed by atoms with E-state index >= 15 is 0 Å². The Kier molecular flexibility index (Phi) is 5.38. The average molecular weight is 418 g/mol. The summed E-state index contributed by atoms with van der Waals surface area (Å²) in [6, 6.07) is 12.4. The second-order valence-corrected chi connectivity index (χ2v) is 7.36. The number of para-hydroxylation sites is 2. The van der Waals surface area contributed by atoms with Crippen molar-refractivity contribution in [1.82, 2.24) is 4.90 Å². The molecule has 0 atom stereocenters. The van der Waals surface area contributed by atoms with Crippen molar-refractivity contribution >= 4 is 28.9 Å². The molecule has 158 valence electrons. The molecule has 4 rings (SSSR count). The van der Waals surface area contributed by atoms with Crippen LogP contribution in [-0.4, -0.2) is 56.0 Å². The van der Waals surface area contributed by atoms with Crippen molar-refractivity contribution in [2.45, 2.75) is 6.18 Å². The van der Waals surface area contributed by atoms with E-state index in [1.807, 2.05) is 15.9 Å². The van der Waals surface area contributed by atoms with Gasteiger partial charge in [-0.1, -0.05) is 18.2 Å². The third kappa shape index (κ3) is 4.25. The molecule has 0 aromatic heterocycles. The summed E-state index contributed by atoms with van der Waals surface area (Å²) in [7, 11) is 0. The van der Waals surface area contributed by atoms with E-state index in [9.17, 15) is 22.8 Å². The SMILES string of the molecule is O=C1CN(C(=O)CN2CCN(c3cccc(C(F)(F)F)c3)CC2)c2ccccc2N1. The van der Waals surface area contributed by atoms with Gasteiger partial charge in [-0.05, 0) is 30.3 Å². The maximum atomic E-state index is 13.0. The highest BCUT2D eigenvalue weighted by atomic mass is 19.4. The van der Waals surface area contributed by atoms with Crippen LogP contribution >= 0.6 is 0 Å².